The molecule has 1 N–H and O–H groups in total. The first kappa shape index (κ1) is 23.0. The van der Waals surface area contributed by atoms with Crippen LogP contribution >= 0.6 is 0 Å². The van der Waals surface area contributed by atoms with Gasteiger partial charge in [-0.25, -0.2) is 13.1 Å². The van der Waals surface area contributed by atoms with Gasteiger partial charge in [-0.2, -0.15) is 0 Å². The maximum absolute atomic E-state index is 12.5. The third kappa shape index (κ3) is 5.50. The number of esters is 1. The lowest BCUT2D eigenvalue weighted by molar-refractivity contribution is -0.158. The molecule has 1 heterocycles. The molecule has 2 aliphatic carbocycles. The molecular weight excluding hydrogens is 408 g/mol. The quantitative estimate of drug-likeness (QED) is 0.619. The van der Waals surface area contributed by atoms with Crippen molar-refractivity contribution >= 4 is 16.0 Å². The van der Waals surface area contributed by atoms with Crippen molar-refractivity contribution in [1.29, 1.82) is 0 Å². The van der Waals surface area contributed by atoms with Crippen LogP contribution in [0.3, 0.4) is 0 Å². The van der Waals surface area contributed by atoms with Crippen molar-refractivity contribution in [3.8, 4) is 5.75 Å². The Morgan fingerprint density at radius 2 is 1.97 bits per heavy atom. The van der Waals surface area contributed by atoms with Crippen molar-refractivity contribution in [2.24, 2.45) is 5.41 Å². The predicted molar refractivity (Wildman–Crippen MR) is 112 cm³/mol. The molecule has 0 saturated heterocycles. The summed E-state index contributed by atoms with van der Waals surface area (Å²) in [6, 6.07) is 3.54. The van der Waals surface area contributed by atoms with Crippen LogP contribution in [0.25, 0.3) is 0 Å². The number of pyridine rings is 1. The first-order valence-electron chi connectivity index (χ1n) is 10.4. The van der Waals surface area contributed by atoms with Crippen LogP contribution in [-0.2, 0) is 24.3 Å². The Bertz CT molecular complexity index is 838. The minimum Gasteiger partial charge on any atom is -0.495 e. The van der Waals surface area contributed by atoms with Crippen molar-refractivity contribution in [2.45, 2.75) is 63.0 Å². The van der Waals surface area contributed by atoms with Crippen LogP contribution in [0.2, 0.25) is 0 Å². The van der Waals surface area contributed by atoms with E-state index in [2.05, 4.69) is 9.71 Å². The van der Waals surface area contributed by atoms with E-state index in [4.69, 9.17) is 14.2 Å². The summed E-state index contributed by atoms with van der Waals surface area (Å²) in [5.41, 5.74) is 0.202. The van der Waals surface area contributed by atoms with E-state index in [0.29, 0.717) is 25.2 Å². The van der Waals surface area contributed by atoms with Crippen LogP contribution in [0, 0.1) is 5.41 Å². The monoisotopic (exact) mass is 440 g/mol. The molecule has 1 aromatic rings. The average molecular weight is 441 g/mol. The van der Waals surface area contributed by atoms with Crippen molar-refractivity contribution in [1.82, 2.24) is 9.71 Å². The molecule has 0 radical (unpaired) electrons. The second-order valence-electron chi connectivity index (χ2n) is 8.48. The number of sulfonamides is 1. The lowest BCUT2D eigenvalue weighted by atomic mass is 9.84. The zero-order valence-electron chi connectivity index (χ0n) is 17.9. The fraction of sp³-hybridized carbons (Fsp3) is 0.714. The zero-order valence-corrected chi connectivity index (χ0v) is 18.7. The van der Waals surface area contributed by atoms with E-state index < -0.39 is 15.4 Å². The van der Waals surface area contributed by atoms with Crippen molar-refractivity contribution in [3.05, 3.63) is 24.0 Å². The third-order valence-corrected chi connectivity index (χ3v) is 7.05. The van der Waals surface area contributed by atoms with Gasteiger partial charge < -0.3 is 14.2 Å². The Labute approximate surface area is 178 Å². The molecule has 8 nitrogen and oxygen atoms in total. The van der Waals surface area contributed by atoms with Crippen LogP contribution in [-0.4, -0.2) is 58.6 Å². The minimum atomic E-state index is -3.32. The van der Waals surface area contributed by atoms with E-state index in [-0.39, 0.29) is 24.7 Å². The summed E-state index contributed by atoms with van der Waals surface area (Å²) in [7, 11) is -0.293. The van der Waals surface area contributed by atoms with Gasteiger partial charge in [-0.15, -0.1) is 0 Å². The summed E-state index contributed by atoms with van der Waals surface area (Å²) in [6.07, 6.45) is 8.19. The van der Waals surface area contributed by atoms with Crippen LogP contribution < -0.4 is 9.46 Å². The summed E-state index contributed by atoms with van der Waals surface area (Å²) >= 11 is 0. The second kappa shape index (κ2) is 9.62. The highest BCUT2D eigenvalue weighted by atomic mass is 32.2. The molecule has 3 rings (SSSR count). The van der Waals surface area contributed by atoms with Crippen molar-refractivity contribution < 1.29 is 27.4 Å². The summed E-state index contributed by atoms with van der Waals surface area (Å²) in [5, 5.41) is 0. The molecule has 168 valence electrons. The maximum atomic E-state index is 12.5. The molecule has 2 saturated carbocycles. The van der Waals surface area contributed by atoms with E-state index in [1.54, 1.807) is 13.3 Å². The van der Waals surface area contributed by atoms with E-state index in [1.165, 1.54) is 7.11 Å². The first-order valence-corrected chi connectivity index (χ1v) is 12.3. The van der Waals surface area contributed by atoms with Gasteiger partial charge in [0.1, 0.15) is 5.75 Å². The lowest BCUT2D eigenvalue weighted by Gasteiger charge is -2.32. The van der Waals surface area contributed by atoms with Gasteiger partial charge in [0.25, 0.3) is 0 Å². The molecule has 0 aromatic carbocycles. The number of aromatic nitrogens is 1. The normalized spacial score (nSPS) is 29.5. The fourth-order valence-corrected chi connectivity index (χ4v) is 5.59. The van der Waals surface area contributed by atoms with Gasteiger partial charge in [0.15, 0.2) is 0 Å². The highest BCUT2D eigenvalue weighted by Crippen LogP contribution is 2.42. The Hall–Kier alpha value is -1.71. The number of nitrogens with zero attached hydrogens (tertiary/aromatic N) is 1. The molecule has 0 spiro atoms. The predicted octanol–water partition coefficient (Wildman–Crippen LogP) is 2.39. The van der Waals surface area contributed by atoms with Crippen LogP contribution in [0.15, 0.2) is 18.3 Å². The maximum Gasteiger partial charge on any atom is 0.314 e. The van der Waals surface area contributed by atoms with Crippen LogP contribution in [0.1, 0.15) is 56.6 Å². The topological polar surface area (TPSA) is 104 Å². The van der Waals surface area contributed by atoms with Gasteiger partial charge in [0.05, 0.1) is 44.3 Å². The third-order valence-electron chi connectivity index (χ3n) is 6.28. The van der Waals surface area contributed by atoms with Crippen molar-refractivity contribution in [3.63, 3.8) is 0 Å². The second-order valence-corrected chi connectivity index (χ2v) is 10.3. The SMILES string of the molecule is COC(=O)[C@@]1(COC2CCC(c3ncccc3OC)CC2)CC[C@H](NS(C)(=O)=O)C1. The van der Waals surface area contributed by atoms with E-state index in [1.807, 2.05) is 12.1 Å². The molecule has 0 bridgehead atoms. The smallest absolute Gasteiger partial charge is 0.314 e. The number of carbonyl (C=O) groups is 1. The van der Waals surface area contributed by atoms with E-state index in [9.17, 15) is 13.2 Å². The summed E-state index contributed by atoms with van der Waals surface area (Å²) in [4.78, 5) is 17.0. The molecule has 0 amide bonds. The van der Waals surface area contributed by atoms with Crippen LogP contribution in [0.4, 0.5) is 0 Å². The van der Waals surface area contributed by atoms with Gasteiger partial charge >= 0.3 is 5.97 Å². The Kier molecular flexibility index (Phi) is 7.36. The zero-order chi connectivity index (χ0) is 21.8. The molecule has 30 heavy (non-hydrogen) atoms. The number of hydrogen-bond donors (Lipinski definition) is 1. The van der Waals surface area contributed by atoms with Crippen LogP contribution in [0.5, 0.6) is 5.75 Å². The highest BCUT2D eigenvalue weighted by molar-refractivity contribution is 7.88. The molecule has 1 aromatic heterocycles. The molecule has 2 aliphatic rings. The summed E-state index contributed by atoms with van der Waals surface area (Å²) < 4.78 is 42.4. The van der Waals surface area contributed by atoms with Gasteiger partial charge in [0.2, 0.25) is 10.0 Å². The standard InChI is InChI=1S/C21H32N2O6S/c1-27-18-5-4-12-22-19(18)15-6-8-17(9-7-15)29-14-21(20(24)28-2)11-10-16(13-21)23-30(3,25)26/h4-5,12,15-17,23H,6-11,13-14H2,1-3H3/t15?,16-,17?,21-/m0/s1. The van der Waals surface area contributed by atoms with Gasteiger partial charge in [0, 0.05) is 18.2 Å². The number of hydrogen-bond acceptors (Lipinski definition) is 7. The summed E-state index contributed by atoms with van der Waals surface area (Å²) in [5.74, 6) is 0.833. The average Bonchev–Trinajstić information content (AvgIpc) is 3.14. The number of ether oxygens (including phenoxy) is 3. The Morgan fingerprint density at radius 3 is 2.60 bits per heavy atom. The molecule has 9 heteroatoms. The van der Waals surface area contributed by atoms with Gasteiger partial charge in [-0.3, -0.25) is 9.78 Å². The number of rotatable bonds is 8. The Balaban J connectivity index is 1.57. The van der Waals surface area contributed by atoms with E-state index in [0.717, 1.165) is 43.4 Å². The molecule has 2 fully saturated rings. The fourth-order valence-electron chi connectivity index (χ4n) is 4.78. The lowest BCUT2D eigenvalue weighted by Crippen LogP contribution is -2.39. The molecule has 0 aliphatic heterocycles. The molecule has 0 unspecified atom stereocenters. The van der Waals surface area contributed by atoms with Crippen molar-refractivity contribution in [2.75, 3.05) is 27.1 Å². The Morgan fingerprint density at radius 1 is 1.23 bits per heavy atom. The number of methoxy groups -OCH3 is 2. The minimum absolute atomic E-state index is 0.0689. The van der Waals surface area contributed by atoms with Gasteiger partial charge in [-0.05, 0) is 57.1 Å². The highest BCUT2D eigenvalue weighted by Gasteiger charge is 2.47. The largest absolute Gasteiger partial charge is 0.495 e. The molecular formula is C21H32N2O6S. The summed E-state index contributed by atoms with van der Waals surface area (Å²) in [6.45, 7) is 0.254. The first-order chi connectivity index (χ1) is 14.3. The van der Waals surface area contributed by atoms with E-state index >= 15 is 0 Å². The number of carbonyl (C=O) groups excluding carboxylic acids is 1. The van der Waals surface area contributed by atoms with Gasteiger partial charge in [-0.1, -0.05) is 0 Å². The number of nitrogens with one attached hydrogen (secondary N) is 1. The molecule has 2 atom stereocenters.